The molecule has 0 aromatic heterocycles. The van der Waals surface area contributed by atoms with Gasteiger partial charge in [0, 0.05) is 37.2 Å². The van der Waals surface area contributed by atoms with Gasteiger partial charge in [-0.1, -0.05) is 54.6 Å². The van der Waals surface area contributed by atoms with Crippen LogP contribution in [0.2, 0.25) is 0 Å². The number of hydrogen-bond acceptors (Lipinski definition) is 3. The van der Waals surface area contributed by atoms with Crippen molar-refractivity contribution in [2.45, 2.75) is 30.8 Å². The summed E-state index contributed by atoms with van der Waals surface area (Å²) in [7, 11) is 0. The molecule has 2 heterocycles. The Bertz CT molecular complexity index is 1170. The van der Waals surface area contributed by atoms with E-state index in [1.807, 2.05) is 18.2 Å². The number of nitrogens with one attached hydrogen (secondary N) is 1. The lowest BCUT2D eigenvalue weighted by molar-refractivity contribution is -0.0585. The van der Waals surface area contributed by atoms with Crippen LogP contribution in [0, 0.1) is 11.6 Å². The molecule has 2 aliphatic heterocycles. The van der Waals surface area contributed by atoms with Crippen molar-refractivity contribution in [1.82, 2.24) is 9.80 Å². The van der Waals surface area contributed by atoms with Gasteiger partial charge >= 0.3 is 6.03 Å². The second-order valence-electron chi connectivity index (χ2n) is 9.28. The van der Waals surface area contributed by atoms with Crippen molar-refractivity contribution in [2.24, 2.45) is 0 Å². The Hall–Kier alpha value is -3.29. The van der Waals surface area contributed by atoms with Crippen molar-refractivity contribution in [2.75, 3.05) is 31.6 Å². The fraction of sp³-hybridized carbons (Fsp3) is 0.321. The lowest BCUT2D eigenvalue weighted by Crippen LogP contribution is -2.68. The number of rotatable bonds is 4. The summed E-state index contributed by atoms with van der Waals surface area (Å²) < 4.78 is 27.7. The van der Waals surface area contributed by atoms with Gasteiger partial charge in [-0.25, -0.2) is 13.6 Å². The number of fused-ring (bicyclic) bond motifs is 1. The van der Waals surface area contributed by atoms with Gasteiger partial charge in [0.05, 0.1) is 12.3 Å². The fourth-order valence-electron chi connectivity index (χ4n) is 5.44. The van der Waals surface area contributed by atoms with Gasteiger partial charge in [0.25, 0.3) is 0 Å². The average Bonchev–Trinajstić information content (AvgIpc) is 2.86. The molecule has 0 aliphatic carbocycles. The lowest BCUT2D eigenvalue weighted by Gasteiger charge is -2.57. The monoisotopic (exact) mass is 477 g/mol. The minimum atomic E-state index is -0.672. The number of urea groups is 1. The average molecular weight is 478 g/mol. The first-order valence-electron chi connectivity index (χ1n) is 12.1. The molecule has 2 amide bonds. The highest BCUT2D eigenvalue weighted by Gasteiger charge is 2.49. The number of amides is 2. The number of hydrogen-bond donors (Lipinski definition) is 2. The van der Waals surface area contributed by atoms with E-state index in [9.17, 15) is 18.7 Å². The van der Waals surface area contributed by atoms with Crippen LogP contribution < -0.4 is 5.32 Å². The third-order valence-corrected chi connectivity index (χ3v) is 7.23. The van der Waals surface area contributed by atoms with Crippen molar-refractivity contribution in [3.05, 3.63) is 90.0 Å². The zero-order valence-corrected chi connectivity index (χ0v) is 19.4. The summed E-state index contributed by atoms with van der Waals surface area (Å²) in [6.45, 7) is 1.89. The van der Waals surface area contributed by atoms with Crippen molar-refractivity contribution in [3.8, 4) is 11.1 Å². The van der Waals surface area contributed by atoms with Crippen LogP contribution in [-0.2, 0) is 0 Å². The molecular formula is C28H29F2N3O2. The van der Waals surface area contributed by atoms with Gasteiger partial charge in [0.1, 0.15) is 11.6 Å². The van der Waals surface area contributed by atoms with Gasteiger partial charge in [0.2, 0.25) is 0 Å². The molecule has 0 saturated carbocycles. The highest BCUT2D eigenvalue weighted by molar-refractivity contribution is 5.89. The van der Waals surface area contributed by atoms with Crippen LogP contribution >= 0.6 is 0 Å². The molecule has 2 saturated heterocycles. The van der Waals surface area contributed by atoms with Crippen molar-refractivity contribution < 1.29 is 18.7 Å². The summed E-state index contributed by atoms with van der Waals surface area (Å²) in [5.41, 5.74) is 3.24. The normalized spacial score (nSPS) is 22.5. The van der Waals surface area contributed by atoms with Crippen LogP contribution in [0.15, 0.2) is 72.8 Å². The number of halogens is 2. The quantitative estimate of drug-likeness (QED) is 0.551. The predicted octanol–water partition coefficient (Wildman–Crippen LogP) is 5.09. The first kappa shape index (κ1) is 23.5. The zero-order chi connectivity index (χ0) is 24.4. The van der Waals surface area contributed by atoms with Crippen molar-refractivity contribution in [1.29, 1.82) is 0 Å². The number of aliphatic hydroxyl groups is 1. The van der Waals surface area contributed by atoms with E-state index in [0.29, 0.717) is 13.1 Å². The smallest absolute Gasteiger partial charge is 0.321 e. The molecule has 7 heteroatoms. The van der Waals surface area contributed by atoms with Gasteiger partial charge in [-0.2, -0.15) is 0 Å². The minimum absolute atomic E-state index is 0.00810. The Morgan fingerprint density at radius 1 is 0.943 bits per heavy atom. The standard InChI is InChI=1S/C28H29F2N3O2/c29-22-12-13-23(30)24(16-22)31-28(35)32-14-4-5-15-33-25(17-32)27(26(33)18-34)21-10-8-20(9-11-21)19-6-2-1-3-7-19/h1-3,6-13,16,25-27,34H,4-5,14-15,17-18H2,(H,31,35)/t25-,26+,27+/m1/s1. The Balaban J connectivity index is 1.35. The molecule has 2 N–H and O–H groups in total. The molecule has 182 valence electrons. The van der Waals surface area contributed by atoms with Crippen LogP contribution in [0.25, 0.3) is 11.1 Å². The molecule has 2 fully saturated rings. The maximum atomic E-state index is 14.1. The first-order valence-corrected chi connectivity index (χ1v) is 12.1. The van der Waals surface area contributed by atoms with Gasteiger partial charge in [0.15, 0.2) is 0 Å². The summed E-state index contributed by atoms with van der Waals surface area (Å²) in [5, 5.41) is 12.7. The topological polar surface area (TPSA) is 55.8 Å². The zero-order valence-electron chi connectivity index (χ0n) is 19.4. The van der Waals surface area contributed by atoms with Crippen molar-refractivity contribution >= 4 is 11.7 Å². The predicted molar refractivity (Wildman–Crippen MR) is 132 cm³/mol. The maximum absolute atomic E-state index is 14.1. The van der Waals surface area contributed by atoms with Gasteiger partial charge in [-0.15, -0.1) is 0 Å². The highest BCUT2D eigenvalue weighted by Crippen LogP contribution is 2.42. The van der Waals surface area contributed by atoms with Crippen LogP contribution in [0.3, 0.4) is 0 Å². The Morgan fingerprint density at radius 3 is 2.40 bits per heavy atom. The van der Waals surface area contributed by atoms with Crippen LogP contribution in [0.1, 0.15) is 24.3 Å². The van der Waals surface area contributed by atoms with E-state index >= 15 is 0 Å². The Morgan fingerprint density at radius 2 is 1.66 bits per heavy atom. The molecule has 3 aromatic rings. The third kappa shape index (κ3) is 4.79. The van der Waals surface area contributed by atoms with Crippen molar-refractivity contribution in [3.63, 3.8) is 0 Å². The van der Waals surface area contributed by atoms with Gasteiger partial charge < -0.3 is 15.3 Å². The number of benzene rings is 3. The Labute approximate surface area is 204 Å². The summed E-state index contributed by atoms with van der Waals surface area (Å²) in [5.74, 6) is -1.21. The fourth-order valence-corrected chi connectivity index (χ4v) is 5.44. The van der Waals surface area contributed by atoms with Crippen LogP contribution in [-0.4, -0.2) is 59.3 Å². The minimum Gasteiger partial charge on any atom is -0.395 e. The molecule has 2 aliphatic rings. The molecular weight excluding hydrogens is 448 g/mol. The summed E-state index contributed by atoms with van der Waals surface area (Å²) >= 11 is 0. The third-order valence-electron chi connectivity index (χ3n) is 7.23. The number of carbonyl (C=O) groups excluding carboxylic acids is 1. The molecule has 0 unspecified atom stereocenters. The van der Waals surface area contributed by atoms with E-state index in [1.165, 1.54) is 0 Å². The van der Waals surface area contributed by atoms with E-state index in [1.54, 1.807) is 4.90 Å². The van der Waals surface area contributed by atoms with Crippen LogP contribution in [0.5, 0.6) is 0 Å². The van der Waals surface area contributed by atoms with E-state index in [4.69, 9.17) is 0 Å². The molecule has 0 bridgehead atoms. The van der Waals surface area contributed by atoms with E-state index in [2.05, 4.69) is 46.6 Å². The van der Waals surface area contributed by atoms with E-state index in [-0.39, 0.29) is 30.3 Å². The molecule has 3 aromatic carbocycles. The molecule has 5 rings (SSSR count). The molecule has 3 atom stereocenters. The Kier molecular flexibility index (Phi) is 6.79. The number of anilines is 1. The molecule has 5 nitrogen and oxygen atoms in total. The van der Waals surface area contributed by atoms with E-state index in [0.717, 1.165) is 54.3 Å². The second-order valence-corrected chi connectivity index (χ2v) is 9.28. The number of aliphatic hydroxyl groups excluding tert-OH is 1. The molecule has 0 spiro atoms. The number of carbonyl (C=O) groups is 1. The molecule has 0 radical (unpaired) electrons. The highest BCUT2D eigenvalue weighted by atomic mass is 19.1. The van der Waals surface area contributed by atoms with E-state index < -0.39 is 17.7 Å². The largest absolute Gasteiger partial charge is 0.395 e. The SMILES string of the molecule is O=C(Nc1cc(F)ccc1F)N1CCCCN2[C@H](C1)[C@H](c1ccc(-c3ccccc3)cc1)[C@@H]2CO. The summed E-state index contributed by atoms with van der Waals surface area (Å²) in [6.07, 6.45) is 1.70. The van der Waals surface area contributed by atoms with Gasteiger partial charge in [-0.3, -0.25) is 4.90 Å². The summed E-state index contributed by atoms with van der Waals surface area (Å²) in [6, 6.07) is 21.2. The maximum Gasteiger partial charge on any atom is 0.321 e. The lowest BCUT2D eigenvalue weighted by atomic mass is 9.74. The number of nitrogens with zero attached hydrogens (tertiary/aromatic N) is 2. The van der Waals surface area contributed by atoms with Gasteiger partial charge in [-0.05, 0) is 48.2 Å². The first-order chi connectivity index (χ1) is 17.0. The summed E-state index contributed by atoms with van der Waals surface area (Å²) in [4.78, 5) is 17.0. The molecule has 35 heavy (non-hydrogen) atoms. The second kappa shape index (κ2) is 10.1. The van der Waals surface area contributed by atoms with Crippen LogP contribution in [0.4, 0.5) is 19.3 Å².